The monoisotopic (exact) mass is 261 g/mol. The second-order valence-corrected chi connectivity index (χ2v) is 4.21. The largest absolute Gasteiger partial charge is 0.399 e. The maximum atomic E-state index is 10.8. The minimum absolute atomic E-state index is 0.0141. The molecule has 0 aliphatic rings. The molecule has 2 aromatic rings. The van der Waals surface area contributed by atoms with Gasteiger partial charge >= 0.3 is 5.69 Å². The molecule has 0 aliphatic heterocycles. The van der Waals surface area contributed by atoms with Crippen molar-refractivity contribution in [1.29, 1.82) is 0 Å². The summed E-state index contributed by atoms with van der Waals surface area (Å²) >= 11 is 0. The molecule has 0 spiro atoms. The molecular weight excluding hydrogens is 246 g/mol. The van der Waals surface area contributed by atoms with Crippen LogP contribution in [0, 0.1) is 10.1 Å². The van der Waals surface area contributed by atoms with Gasteiger partial charge in [0.1, 0.15) is 6.20 Å². The van der Waals surface area contributed by atoms with Crippen molar-refractivity contribution in [1.82, 2.24) is 9.78 Å². The van der Waals surface area contributed by atoms with Crippen LogP contribution in [0.4, 0.5) is 17.2 Å². The van der Waals surface area contributed by atoms with Gasteiger partial charge in [-0.15, -0.1) is 5.10 Å². The molecule has 0 atom stereocenters. The number of nitrogen functional groups attached to an aromatic ring is 1. The summed E-state index contributed by atoms with van der Waals surface area (Å²) in [6.45, 7) is 0.571. The van der Waals surface area contributed by atoms with Gasteiger partial charge in [-0.3, -0.25) is 14.8 Å². The molecule has 0 saturated carbocycles. The van der Waals surface area contributed by atoms with Gasteiger partial charge in [-0.25, -0.2) is 0 Å². The number of nitrogens with zero attached hydrogens (tertiary/aromatic N) is 3. The number of nitrogens with one attached hydrogen (secondary N) is 1. The molecule has 2 rings (SSSR count). The Kier molecular flexibility index (Phi) is 3.65. The van der Waals surface area contributed by atoms with Crippen molar-refractivity contribution in [3.05, 3.63) is 46.1 Å². The van der Waals surface area contributed by atoms with Gasteiger partial charge in [0, 0.05) is 19.3 Å². The Bertz CT molecular complexity index is 576. The third kappa shape index (κ3) is 3.21. The fraction of sp³-hybridized carbons (Fsp3) is 0.250. The molecule has 0 saturated heterocycles. The number of aromatic nitrogens is 2. The first-order valence-corrected chi connectivity index (χ1v) is 5.82. The van der Waals surface area contributed by atoms with Crippen molar-refractivity contribution in [3.8, 4) is 0 Å². The Labute approximate surface area is 110 Å². The summed E-state index contributed by atoms with van der Waals surface area (Å²) in [5.41, 5.74) is 7.42. The highest BCUT2D eigenvalue weighted by Crippen LogP contribution is 2.21. The topological polar surface area (TPSA) is 99.0 Å². The first-order chi connectivity index (χ1) is 9.06. The van der Waals surface area contributed by atoms with E-state index >= 15 is 0 Å². The smallest absolute Gasteiger partial charge is 0.330 e. The summed E-state index contributed by atoms with van der Waals surface area (Å²) in [4.78, 5) is 10.4. The van der Waals surface area contributed by atoms with E-state index in [1.54, 1.807) is 7.05 Å². The lowest BCUT2D eigenvalue weighted by Crippen LogP contribution is -2.07. The lowest BCUT2D eigenvalue weighted by Gasteiger charge is -2.03. The van der Waals surface area contributed by atoms with E-state index in [0.29, 0.717) is 12.4 Å². The second kappa shape index (κ2) is 5.38. The van der Waals surface area contributed by atoms with Crippen LogP contribution >= 0.6 is 0 Å². The second-order valence-electron chi connectivity index (χ2n) is 4.21. The van der Waals surface area contributed by atoms with Crippen LogP contribution in [0.3, 0.4) is 0 Å². The first-order valence-electron chi connectivity index (χ1n) is 5.82. The fourth-order valence-corrected chi connectivity index (χ4v) is 1.75. The average Bonchev–Trinajstić information content (AvgIpc) is 2.73. The van der Waals surface area contributed by atoms with Crippen LogP contribution in [0.2, 0.25) is 0 Å². The number of aryl methyl sites for hydroxylation is 1. The number of rotatable bonds is 5. The first kappa shape index (κ1) is 12.9. The molecule has 0 amide bonds. The van der Waals surface area contributed by atoms with E-state index in [0.717, 1.165) is 17.7 Å². The fourth-order valence-electron chi connectivity index (χ4n) is 1.75. The molecule has 0 unspecified atom stereocenters. The van der Waals surface area contributed by atoms with Crippen LogP contribution in [0.15, 0.2) is 30.5 Å². The van der Waals surface area contributed by atoms with Crippen molar-refractivity contribution in [2.24, 2.45) is 7.05 Å². The van der Waals surface area contributed by atoms with E-state index in [2.05, 4.69) is 10.4 Å². The van der Waals surface area contributed by atoms with Gasteiger partial charge in [0.05, 0.1) is 4.92 Å². The third-order valence-corrected chi connectivity index (χ3v) is 2.69. The highest BCUT2D eigenvalue weighted by molar-refractivity contribution is 5.54. The predicted molar refractivity (Wildman–Crippen MR) is 72.9 cm³/mol. The predicted octanol–water partition coefficient (Wildman–Crippen LogP) is 1.57. The minimum Gasteiger partial charge on any atom is -0.399 e. The molecule has 0 radical (unpaired) electrons. The van der Waals surface area contributed by atoms with Crippen LogP contribution in [-0.2, 0) is 13.5 Å². The summed E-state index contributed by atoms with van der Waals surface area (Å²) in [5, 5.41) is 17.8. The van der Waals surface area contributed by atoms with Crippen molar-refractivity contribution in [2.45, 2.75) is 6.42 Å². The lowest BCUT2D eigenvalue weighted by atomic mass is 10.1. The lowest BCUT2D eigenvalue weighted by molar-refractivity contribution is -0.384. The number of nitro groups is 1. The highest BCUT2D eigenvalue weighted by Gasteiger charge is 2.17. The molecule has 0 aliphatic carbocycles. The molecule has 3 N–H and O–H groups in total. The number of hydrogen-bond donors (Lipinski definition) is 2. The van der Waals surface area contributed by atoms with Gasteiger partial charge in [0.25, 0.3) is 0 Å². The molecular formula is C12H15N5O2. The highest BCUT2D eigenvalue weighted by atomic mass is 16.6. The molecule has 1 aromatic heterocycles. The molecule has 0 fully saturated rings. The summed E-state index contributed by atoms with van der Waals surface area (Å²) < 4.78 is 1.42. The van der Waals surface area contributed by atoms with Crippen LogP contribution in [0.25, 0.3) is 0 Å². The maximum Gasteiger partial charge on any atom is 0.330 e. The SMILES string of the molecule is Cn1cc([N+](=O)[O-])c(NCCc2ccc(N)cc2)n1. The molecule has 7 nitrogen and oxygen atoms in total. The Morgan fingerprint density at radius 1 is 1.42 bits per heavy atom. The van der Waals surface area contributed by atoms with E-state index in [1.165, 1.54) is 10.9 Å². The molecule has 1 aromatic carbocycles. The standard InChI is InChI=1S/C12H15N5O2/c1-16-8-11(17(18)19)12(15-16)14-7-6-9-2-4-10(13)5-3-9/h2-5,8H,6-7,13H2,1H3,(H,14,15). The summed E-state index contributed by atoms with van der Waals surface area (Å²) in [5.74, 6) is 0.294. The zero-order valence-electron chi connectivity index (χ0n) is 10.5. The van der Waals surface area contributed by atoms with Gasteiger partial charge in [-0.1, -0.05) is 12.1 Å². The normalized spacial score (nSPS) is 10.4. The van der Waals surface area contributed by atoms with E-state index in [-0.39, 0.29) is 5.69 Å². The number of hydrogen-bond acceptors (Lipinski definition) is 5. The Morgan fingerprint density at radius 2 is 2.11 bits per heavy atom. The average molecular weight is 261 g/mol. The summed E-state index contributed by atoms with van der Waals surface area (Å²) in [6.07, 6.45) is 2.12. The zero-order valence-corrected chi connectivity index (χ0v) is 10.5. The van der Waals surface area contributed by atoms with Gasteiger partial charge < -0.3 is 11.1 Å². The van der Waals surface area contributed by atoms with E-state index in [9.17, 15) is 10.1 Å². The Balaban J connectivity index is 1.96. The third-order valence-electron chi connectivity index (χ3n) is 2.69. The Hall–Kier alpha value is -2.57. The minimum atomic E-state index is -0.446. The van der Waals surface area contributed by atoms with E-state index < -0.39 is 4.92 Å². The molecule has 1 heterocycles. The summed E-state index contributed by atoms with van der Waals surface area (Å²) in [7, 11) is 1.65. The number of anilines is 2. The molecule has 19 heavy (non-hydrogen) atoms. The summed E-state index contributed by atoms with van der Waals surface area (Å²) in [6, 6.07) is 7.53. The van der Waals surface area contributed by atoms with Gasteiger partial charge in [-0.05, 0) is 24.1 Å². The van der Waals surface area contributed by atoms with Crippen LogP contribution in [-0.4, -0.2) is 21.2 Å². The quantitative estimate of drug-likeness (QED) is 0.483. The van der Waals surface area contributed by atoms with Crippen molar-refractivity contribution in [3.63, 3.8) is 0 Å². The van der Waals surface area contributed by atoms with E-state index in [4.69, 9.17) is 5.73 Å². The molecule has 7 heteroatoms. The Morgan fingerprint density at radius 3 is 2.74 bits per heavy atom. The van der Waals surface area contributed by atoms with Crippen molar-refractivity contribution >= 4 is 17.2 Å². The van der Waals surface area contributed by atoms with Gasteiger partial charge in [-0.2, -0.15) is 0 Å². The van der Waals surface area contributed by atoms with Crippen molar-refractivity contribution < 1.29 is 4.92 Å². The zero-order chi connectivity index (χ0) is 13.8. The maximum absolute atomic E-state index is 10.8. The van der Waals surface area contributed by atoms with Gasteiger partial charge in [0.2, 0.25) is 5.82 Å². The van der Waals surface area contributed by atoms with Crippen LogP contribution in [0.5, 0.6) is 0 Å². The van der Waals surface area contributed by atoms with Crippen LogP contribution in [0.1, 0.15) is 5.56 Å². The molecule has 100 valence electrons. The van der Waals surface area contributed by atoms with Gasteiger partial charge in [0.15, 0.2) is 0 Å². The van der Waals surface area contributed by atoms with Crippen LogP contribution < -0.4 is 11.1 Å². The number of nitrogens with two attached hydrogens (primary N) is 1. The number of benzene rings is 1. The van der Waals surface area contributed by atoms with Crippen molar-refractivity contribution in [2.75, 3.05) is 17.6 Å². The van der Waals surface area contributed by atoms with E-state index in [1.807, 2.05) is 24.3 Å². The molecule has 0 bridgehead atoms.